The molecular weight excluding hydrogens is 228 g/mol. The van der Waals surface area contributed by atoms with E-state index in [1.54, 1.807) is 0 Å². The van der Waals surface area contributed by atoms with Gasteiger partial charge in [-0.05, 0) is 33.1 Å². The van der Waals surface area contributed by atoms with Crippen molar-refractivity contribution in [3.63, 3.8) is 0 Å². The third-order valence-corrected chi connectivity index (χ3v) is 3.68. The highest BCUT2D eigenvalue weighted by atomic mass is 16.3. The van der Waals surface area contributed by atoms with E-state index in [-0.39, 0.29) is 18.1 Å². The molecule has 0 unspecified atom stereocenters. The van der Waals surface area contributed by atoms with Gasteiger partial charge in [0.05, 0.1) is 6.54 Å². The Morgan fingerprint density at radius 3 is 2.39 bits per heavy atom. The summed E-state index contributed by atoms with van der Waals surface area (Å²) in [6.45, 7) is 4.48. The number of carbonyl (C=O) groups excluding carboxylic acids is 1. The number of carbonyl (C=O) groups is 1. The maximum absolute atomic E-state index is 11.8. The molecule has 4 heteroatoms. The van der Waals surface area contributed by atoms with Gasteiger partial charge in [0.15, 0.2) is 0 Å². The van der Waals surface area contributed by atoms with Crippen LogP contribution in [0.5, 0.6) is 0 Å². The van der Waals surface area contributed by atoms with Crippen LogP contribution >= 0.6 is 0 Å². The van der Waals surface area contributed by atoms with Crippen molar-refractivity contribution in [2.45, 2.75) is 70.4 Å². The van der Waals surface area contributed by atoms with Gasteiger partial charge in [-0.25, -0.2) is 0 Å². The Morgan fingerprint density at radius 2 is 1.83 bits per heavy atom. The topological polar surface area (TPSA) is 61.4 Å². The summed E-state index contributed by atoms with van der Waals surface area (Å²) in [5.74, 6) is 0.0768. The van der Waals surface area contributed by atoms with E-state index in [1.807, 2.05) is 13.8 Å². The minimum Gasteiger partial charge on any atom is -0.396 e. The summed E-state index contributed by atoms with van der Waals surface area (Å²) in [5.41, 5.74) is -0.185. The van der Waals surface area contributed by atoms with Crippen LogP contribution in [0, 0.1) is 0 Å². The van der Waals surface area contributed by atoms with Crippen molar-refractivity contribution in [2.75, 3.05) is 13.2 Å². The van der Waals surface area contributed by atoms with Crippen molar-refractivity contribution in [1.29, 1.82) is 0 Å². The molecule has 0 aromatic heterocycles. The Kier molecular flexibility index (Phi) is 6.65. The number of aliphatic hydroxyl groups excluding tert-OH is 1. The molecule has 106 valence electrons. The average Bonchev–Trinajstić information content (AvgIpc) is 2.55. The fourth-order valence-electron chi connectivity index (χ4n) is 2.39. The van der Waals surface area contributed by atoms with Crippen LogP contribution in [0.15, 0.2) is 0 Å². The quantitative estimate of drug-likeness (QED) is 0.632. The van der Waals surface area contributed by atoms with Gasteiger partial charge in [-0.1, -0.05) is 25.7 Å². The summed E-state index contributed by atoms with van der Waals surface area (Å²) in [4.78, 5) is 11.8. The Hall–Kier alpha value is -0.610. The van der Waals surface area contributed by atoms with Crippen molar-refractivity contribution in [3.8, 4) is 0 Å². The van der Waals surface area contributed by atoms with E-state index in [1.165, 1.54) is 25.7 Å². The van der Waals surface area contributed by atoms with Crippen LogP contribution in [0.3, 0.4) is 0 Å². The van der Waals surface area contributed by atoms with Gasteiger partial charge in [0, 0.05) is 18.2 Å². The lowest BCUT2D eigenvalue weighted by molar-refractivity contribution is -0.121. The highest BCUT2D eigenvalue weighted by molar-refractivity contribution is 5.78. The van der Waals surface area contributed by atoms with Crippen LogP contribution in [0.2, 0.25) is 0 Å². The third-order valence-electron chi connectivity index (χ3n) is 3.68. The summed E-state index contributed by atoms with van der Waals surface area (Å²) >= 11 is 0. The molecule has 1 fully saturated rings. The summed E-state index contributed by atoms with van der Waals surface area (Å²) in [7, 11) is 0. The monoisotopic (exact) mass is 256 g/mol. The zero-order valence-electron chi connectivity index (χ0n) is 11.8. The standard InChI is InChI=1S/C14H28N2O2/c1-14(2,9-10-17)15-11-13(18)16-12-7-5-3-4-6-8-12/h12,15,17H,3-11H2,1-2H3,(H,16,18). The lowest BCUT2D eigenvalue weighted by Gasteiger charge is -2.26. The molecule has 0 radical (unpaired) electrons. The van der Waals surface area contributed by atoms with Gasteiger partial charge in [0.25, 0.3) is 0 Å². The molecule has 3 N–H and O–H groups in total. The smallest absolute Gasteiger partial charge is 0.234 e. The van der Waals surface area contributed by atoms with Crippen LogP contribution in [0.4, 0.5) is 0 Å². The first-order valence-corrected chi connectivity index (χ1v) is 7.19. The molecule has 0 saturated heterocycles. The Balaban J connectivity index is 2.24. The molecule has 1 aliphatic rings. The SMILES string of the molecule is CC(C)(CCO)NCC(=O)NC1CCCCCC1. The molecular formula is C14H28N2O2. The van der Waals surface area contributed by atoms with E-state index in [9.17, 15) is 4.79 Å². The fourth-order valence-corrected chi connectivity index (χ4v) is 2.39. The number of aliphatic hydroxyl groups is 1. The average molecular weight is 256 g/mol. The number of nitrogens with one attached hydrogen (secondary N) is 2. The molecule has 1 saturated carbocycles. The highest BCUT2D eigenvalue weighted by Gasteiger charge is 2.19. The Bertz CT molecular complexity index is 246. The van der Waals surface area contributed by atoms with Crippen LogP contribution in [-0.2, 0) is 4.79 Å². The summed E-state index contributed by atoms with van der Waals surface area (Å²) < 4.78 is 0. The number of hydrogen-bond donors (Lipinski definition) is 3. The van der Waals surface area contributed by atoms with E-state index >= 15 is 0 Å². The highest BCUT2D eigenvalue weighted by Crippen LogP contribution is 2.17. The van der Waals surface area contributed by atoms with Crippen molar-refractivity contribution >= 4 is 5.91 Å². The first-order valence-electron chi connectivity index (χ1n) is 7.19. The second-order valence-electron chi connectivity index (χ2n) is 5.97. The van der Waals surface area contributed by atoms with Gasteiger partial charge in [-0.3, -0.25) is 4.79 Å². The molecule has 1 aliphatic carbocycles. The predicted molar refractivity (Wildman–Crippen MR) is 73.4 cm³/mol. The third kappa shape index (κ3) is 6.36. The molecule has 0 aromatic rings. The maximum atomic E-state index is 11.8. The van der Waals surface area contributed by atoms with Gasteiger partial charge in [0.2, 0.25) is 5.91 Å². The molecule has 0 atom stereocenters. The van der Waals surface area contributed by atoms with Crippen LogP contribution in [0.1, 0.15) is 58.8 Å². The molecule has 1 rings (SSSR count). The zero-order chi connectivity index (χ0) is 13.4. The first-order chi connectivity index (χ1) is 8.53. The fraction of sp³-hybridized carbons (Fsp3) is 0.929. The predicted octanol–water partition coefficient (Wildman–Crippen LogP) is 1.58. The van der Waals surface area contributed by atoms with E-state index in [0.717, 1.165) is 12.8 Å². The summed E-state index contributed by atoms with van der Waals surface area (Å²) in [6, 6.07) is 0.364. The molecule has 0 aliphatic heterocycles. The molecule has 0 spiro atoms. The summed E-state index contributed by atoms with van der Waals surface area (Å²) in [6.07, 6.45) is 7.95. The van der Waals surface area contributed by atoms with Gasteiger partial charge >= 0.3 is 0 Å². The van der Waals surface area contributed by atoms with E-state index in [2.05, 4.69) is 10.6 Å². The van der Waals surface area contributed by atoms with Gasteiger partial charge in [0.1, 0.15) is 0 Å². The first kappa shape index (κ1) is 15.4. The molecule has 0 aromatic carbocycles. The van der Waals surface area contributed by atoms with Crippen molar-refractivity contribution < 1.29 is 9.90 Å². The second-order valence-corrected chi connectivity index (χ2v) is 5.97. The Labute approximate surface area is 111 Å². The van der Waals surface area contributed by atoms with E-state index in [4.69, 9.17) is 5.11 Å². The van der Waals surface area contributed by atoms with Gasteiger partial charge in [-0.2, -0.15) is 0 Å². The van der Waals surface area contributed by atoms with Crippen LogP contribution in [-0.4, -0.2) is 35.7 Å². The van der Waals surface area contributed by atoms with Crippen LogP contribution < -0.4 is 10.6 Å². The largest absolute Gasteiger partial charge is 0.396 e. The van der Waals surface area contributed by atoms with Crippen LogP contribution in [0.25, 0.3) is 0 Å². The van der Waals surface area contributed by atoms with Crippen molar-refractivity contribution in [2.24, 2.45) is 0 Å². The molecule has 1 amide bonds. The lowest BCUT2D eigenvalue weighted by atomic mass is 10.0. The molecule has 4 nitrogen and oxygen atoms in total. The molecule has 0 heterocycles. The normalized spacial score (nSPS) is 18.4. The van der Waals surface area contributed by atoms with E-state index < -0.39 is 0 Å². The van der Waals surface area contributed by atoms with Crippen molar-refractivity contribution in [3.05, 3.63) is 0 Å². The van der Waals surface area contributed by atoms with Crippen molar-refractivity contribution in [1.82, 2.24) is 10.6 Å². The van der Waals surface area contributed by atoms with Gasteiger partial charge < -0.3 is 15.7 Å². The number of amides is 1. The minimum atomic E-state index is -0.185. The number of hydrogen-bond acceptors (Lipinski definition) is 3. The lowest BCUT2D eigenvalue weighted by Crippen LogP contribution is -2.47. The minimum absolute atomic E-state index is 0.0768. The number of rotatable bonds is 6. The molecule has 18 heavy (non-hydrogen) atoms. The Morgan fingerprint density at radius 1 is 1.22 bits per heavy atom. The summed E-state index contributed by atoms with van der Waals surface area (Å²) in [5, 5.41) is 15.2. The van der Waals surface area contributed by atoms with E-state index in [0.29, 0.717) is 19.0 Å². The second kappa shape index (κ2) is 7.74. The zero-order valence-corrected chi connectivity index (χ0v) is 11.8. The molecule has 0 bridgehead atoms. The van der Waals surface area contributed by atoms with Gasteiger partial charge in [-0.15, -0.1) is 0 Å². The maximum Gasteiger partial charge on any atom is 0.234 e.